The van der Waals surface area contributed by atoms with Crippen LogP contribution in [0.5, 0.6) is 0 Å². The fourth-order valence-corrected chi connectivity index (χ4v) is 1.83. The number of benzene rings is 1. The Morgan fingerprint density at radius 3 is 2.94 bits per heavy atom. The molecule has 0 bridgehead atoms. The van der Waals surface area contributed by atoms with Gasteiger partial charge in [0.25, 0.3) is 0 Å². The fourth-order valence-electron chi connectivity index (χ4n) is 1.83. The first kappa shape index (κ1) is 11.4. The fraction of sp³-hybridized carbons (Fsp3) is 0.273. The second-order valence-electron chi connectivity index (χ2n) is 3.85. The van der Waals surface area contributed by atoms with E-state index in [1.807, 2.05) is 0 Å². The van der Waals surface area contributed by atoms with Gasteiger partial charge in [0.05, 0.1) is 17.8 Å². The van der Waals surface area contributed by atoms with Gasteiger partial charge in [-0.2, -0.15) is 0 Å². The van der Waals surface area contributed by atoms with Crippen LogP contribution in [-0.4, -0.2) is 30.1 Å². The number of rotatable bonds is 2. The Morgan fingerprint density at radius 2 is 2.29 bits per heavy atom. The van der Waals surface area contributed by atoms with Crippen molar-refractivity contribution in [1.82, 2.24) is 0 Å². The molecule has 17 heavy (non-hydrogen) atoms. The van der Waals surface area contributed by atoms with Gasteiger partial charge in [-0.25, -0.2) is 4.39 Å². The van der Waals surface area contributed by atoms with E-state index >= 15 is 0 Å². The summed E-state index contributed by atoms with van der Waals surface area (Å²) in [6.07, 6.45) is -0.334. The Balaban J connectivity index is 2.36. The monoisotopic (exact) mass is 238 g/mol. The van der Waals surface area contributed by atoms with Crippen molar-refractivity contribution in [3.8, 4) is 0 Å². The summed E-state index contributed by atoms with van der Waals surface area (Å²) in [6.45, 7) is 0. The third-order valence-electron chi connectivity index (χ3n) is 2.66. The zero-order valence-corrected chi connectivity index (χ0v) is 9.11. The van der Waals surface area contributed by atoms with Crippen LogP contribution in [0, 0.1) is 5.82 Å². The Morgan fingerprint density at radius 1 is 1.59 bits per heavy atom. The SMILES string of the molecule is CN1C(=O)C(CC(=O)O)Nc2cc(F)ccc21. The second kappa shape index (κ2) is 4.04. The highest BCUT2D eigenvalue weighted by Gasteiger charge is 2.31. The molecule has 0 radical (unpaired) electrons. The predicted octanol–water partition coefficient (Wildman–Crippen LogP) is 1.06. The molecule has 1 aliphatic heterocycles. The summed E-state index contributed by atoms with van der Waals surface area (Å²) >= 11 is 0. The van der Waals surface area contributed by atoms with Crippen LogP contribution >= 0.6 is 0 Å². The minimum Gasteiger partial charge on any atom is -0.481 e. The van der Waals surface area contributed by atoms with Crippen molar-refractivity contribution in [2.45, 2.75) is 12.5 Å². The number of fused-ring (bicyclic) bond motifs is 1. The van der Waals surface area contributed by atoms with Crippen molar-refractivity contribution >= 4 is 23.3 Å². The van der Waals surface area contributed by atoms with Crippen LogP contribution in [0.1, 0.15) is 6.42 Å². The number of nitrogens with zero attached hydrogens (tertiary/aromatic N) is 1. The normalized spacial score (nSPS) is 18.6. The van der Waals surface area contributed by atoms with E-state index in [0.29, 0.717) is 11.4 Å². The van der Waals surface area contributed by atoms with Crippen LogP contribution in [0.4, 0.5) is 15.8 Å². The molecule has 0 aliphatic carbocycles. The van der Waals surface area contributed by atoms with Crippen LogP contribution in [0.2, 0.25) is 0 Å². The molecule has 0 saturated carbocycles. The maximum absolute atomic E-state index is 13.0. The number of hydrogen-bond donors (Lipinski definition) is 2. The van der Waals surface area contributed by atoms with Gasteiger partial charge >= 0.3 is 5.97 Å². The number of carbonyl (C=O) groups excluding carboxylic acids is 1. The lowest BCUT2D eigenvalue weighted by Gasteiger charge is -2.32. The van der Waals surface area contributed by atoms with Gasteiger partial charge in [-0.05, 0) is 18.2 Å². The summed E-state index contributed by atoms with van der Waals surface area (Å²) < 4.78 is 13.0. The zero-order valence-electron chi connectivity index (χ0n) is 9.11. The number of aliphatic carboxylic acids is 1. The Bertz CT molecular complexity index is 490. The molecule has 0 saturated heterocycles. The van der Waals surface area contributed by atoms with Gasteiger partial charge in [-0.3, -0.25) is 9.59 Å². The van der Waals surface area contributed by atoms with E-state index < -0.39 is 17.8 Å². The summed E-state index contributed by atoms with van der Waals surface area (Å²) in [6, 6.07) is 3.12. The number of carboxylic acids is 1. The van der Waals surface area contributed by atoms with Gasteiger partial charge in [-0.1, -0.05) is 0 Å². The molecule has 1 aromatic carbocycles. The van der Waals surface area contributed by atoms with Crippen molar-refractivity contribution in [2.24, 2.45) is 0 Å². The van der Waals surface area contributed by atoms with Gasteiger partial charge in [0.2, 0.25) is 5.91 Å². The van der Waals surface area contributed by atoms with E-state index in [-0.39, 0.29) is 12.3 Å². The van der Waals surface area contributed by atoms with Gasteiger partial charge in [0, 0.05) is 7.05 Å². The van der Waals surface area contributed by atoms with Crippen molar-refractivity contribution in [1.29, 1.82) is 0 Å². The highest BCUT2D eigenvalue weighted by molar-refractivity contribution is 6.05. The lowest BCUT2D eigenvalue weighted by Crippen LogP contribution is -2.46. The Hall–Kier alpha value is -2.11. The van der Waals surface area contributed by atoms with E-state index in [1.54, 1.807) is 0 Å². The molecular weight excluding hydrogens is 227 g/mol. The summed E-state index contributed by atoms with van der Waals surface area (Å²) in [5.74, 6) is -1.86. The van der Waals surface area contributed by atoms with E-state index in [4.69, 9.17) is 5.11 Å². The summed E-state index contributed by atoms with van der Waals surface area (Å²) in [4.78, 5) is 23.8. The molecule has 1 amide bonds. The molecule has 90 valence electrons. The summed E-state index contributed by atoms with van der Waals surface area (Å²) in [5, 5.41) is 11.4. The van der Waals surface area contributed by atoms with E-state index in [2.05, 4.69) is 5.32 Å². The van der Waals surface area contributed by atoms with Gasteiger partial charge in [0.15, 0.2) is 0 Å². The first-order valence-corrected chi connectivity index (χ1v) is 5.04. The number of likely N-dealkylation sites (N-methyl/N-ethyl adjacent to an activating group) is 1. The number of anilines is 2. The molecule has 0 fully saturated rings. The molecule has 1 aliphatic rings. The predicted molar refractivity (Wildman–Crippen MR) is 59.5 cm³/mol. The number of carbonyl (C=O) groups is 2. The first-order chi connectivity index (χ1) is 7.99. The topological polar surface area (TPSA) is 69.6 Å². The largest absolute Gasteiger partial charge is 0.481 e. The van der Waals surface area contributed by atoms with E-state index in [0.717, 1.165) is 0 Å². The molecule has 5 nitrogen and oxygen atoms in total. The number of carboxylic acid groups (broad SMARTS) is 1. The molecule has 1 aromatic rings. The summed E-state index contributed by atoms with van der Waals surface area (Å²) in [7, 11) is 1.54. The number of amides is 1. The lowest BCUT2D eigenvalue weighted by molar-refractivity contribution is -0.138. The molecule has 1 atom stereocenters. The molecule has 2 N–H and O–H groups in total. The first-order valence-electron chi connectivity index (χ1n) is 5.04. The second-order valence-corrected chi connectivity index (χ2v) is 3.85. The number of hydrogen-bond acceptors (Lipinski definition) is 3. The molecule has 6 heteroatoms. The van der Waals surface area contributed by atoms with E-state index in [1.165, 1.54) is 30.1 Å². The smallest absolute Gasteiger partial charge is 0.305 e. The van der Waals surface area contributed by atoms with Crippen molar-refractivity contribution < 1.29 is 19.1 Å². The summed E-state index contributed by atoms with van der Waals surface area (Å²) in [5.41, 5.74) is 0.969. The average molecular weight is 238 g/mol. The lowest BCUT2D eigenvalue weighted by atomic mass is 10.1. The molecule has 2 rings (SSSR count). The van der Waals surface area contributed by atoms with Crippen molar-refractivity contribution in [3.63, 3.8) is 0 Å². The third-order valence-corrected chi connectivity index (χ3v) is 2.66. The van der Waals surface area contributed by atoms with Gasteiger partial charge < -0.3 is 15.3 Å². The average Bonchev–Trinajstić information content (AvgIpc) is 2.24. The molecular formula is C11H11FN2O3. The quantitative estimate of drug-likeness (QED) is 0.808. The highest BCUT2D eigenvalue weighted by Crippen LogP contribution is 2.31. The van der Waals surface area contributed by atoms with E-state index in [9.17, 15) is 14.0 Å². The zero-order chi connectivity index (χ0) is 12.6. The molecule has 0 aromatic heterocycles. The Kier molecular flexibility index (Phi) is 2.71. The Labute approximate surface area is 96.8 Å². The molecule has 0 spiro atoms. The number of halogens is 1. The standard InChI is InChI=1S/C11H11FN2O3/c1-14-9-3-2-6(12)4-7(9)13-8(11(14)17)5-10(15)16/h2-4,8,13H,5H2,1H3,(H,15,16). The van der Waals surface area contributed by atoms with Gasteiger partial charge in [0.1, 0.15) is 11.9 Å². The minimum atomic E-state index is -1.08. The van der Waals surface area contributed by atoms with Crippen LogP contribution < -0.4 is 10.2 Å². The van der Waals surface area contributed by atoms with Crippen molar-refractivity contribution in [2.75, 3.05) is 17.3 Å². The molecule has 1 heterocycles. The highest BCUT2D eigenvalue weighted by atomic mass is 19.1. The minimum absolute atomic E-state index is 0.334. The maximum atomic E-state index is 13.0. The van der Waals surface area contributed by atoms with Crippen LogP contribution in [0.25, 0.3) is 0 Å². The molecule has 1 unspecified atom stereocenters. The number of nitrogens with one attached hydrogen (secondary N) is 1. The van der Waals surface area contributed by atoms with Crippen LogP contribution in [-0.2, 0) is 9.59 Å². The van der Waals surface area contributed by atoms with Gasteiger partial charge in [-0.15, -0.1) is 0 Å². The van der Waals surface area contributed by atoms with Crippen molar-refractivity contribution in [3.05, 3.63) is 24.0 Å². The third kappa shape index (κ3) is 2.06. The van der Waals surface area contributed by atoms with Crippen LogP contribution in [0.3, 0.4) is 0 Å². The van der Waals surface area contributed by atoms with Crippen LogP contribution in [0.15, 0.2) is 18.2 Å². The maximum Gasteiger partial charge on any atom is 0.305 e.